The van der Waals surface area contributed by atoms with E-state index in [0.29, 0.717) is 0 Å². The van der Waals surface area contributed by atoms with Crippen LogP contribution in [-0.4, -0.2) is 18.3 Å². The summed E-state index contributed by atoms with van der Waals surface area (Å²) in [6.07, 6.45) is 1.05. The first kappa shape index (κ1) is 7.72. The third-order valence-corrected chi connectivity index (χ3v) is 3.98. The molecule has 0 saturated heterocycles. The topological polar surface area (TPSA) is 34.1 Å². The average molecular weight is 207 g/mol. The van der Waals surface area contributed by atoms with Crippen LogP contribution in [0.5, 0.6) is 0 Å². The second-order valence-electron chi connectivity index (χ2n) is 1.09. The van der Waals surface area contributed by atoms with Crippen LogP contribution in [0, 0.1) is 0 Å². The smallest absolute Gasteiger partial charge is 0.189 e. The second-order valence-corrected chi connectivity index (χ2v) is 5.96. The summed E-state index contributed by atoms with van der Waals surface area (Å²) in [5.41, 5.74) is 0. The van der Waals surface area contributed by atoms with Crippen LogP contribution < -0.4 is 0 Å². The molecular weight excluding hydrogens is 203 g/mol. The highest BCUT2D eigenvalue weighted by molar-refractivity contribution is 9.11. The van der Waals surface area contributed by atoms with Gasteiger partial charge in [0.05, 0.1) is 0 Å². The van der Waals surface area contributed by atoms with Crippen molar-refractivity contribution in [1.29, 1.82) is 0 Å². The highest BCUT2D eigenvalue weighted by Crippen LogP contribution is 2.10. The lowest BCUT2D eigenvalue weighted by Gasteiger charge is -1.91. The van der Waals surface area contributed by atoms with Gasteiger partial charge in [-0.1, -0.05) is 27.5 Å². The minimum atomic E-state index is -3.06. The van der Waals surface area contributed by atoms with E-state index in [1.165, 1.54) is 0 Å². The van der Waals surface area contributed by atoms with Crippen LogP contribution in [0.15, 0.2) is 0 Å². The summed E-state index contributed by atoms with van der Waals surface area (Å²) in [5, 5.41) is 0. The van der Waals surface area contributed by atoms with Gasteiger partial charge in [-0.05, 0) is 0 Å². The van der Waals surface area contributed by atoms with Crippen LogP contribution in [0.3, 0.4) is 0 Å². The van der Waals surface area contributed by atoms with Crippen LogP contribution in [0.25, 0.3) is 0 Å². The van der Waals surface area contributed by atoms with Crippen molar-refractivity contribution in [2.45, 2.75) is 3.62 Å². The van der Waals surface area contributed by atoms with Gasteiger partial charge in [0, 0.05) is 6.26 Å². The van der Waals surface area contributed by atoms with E-state index in [-0.39, 0.29) is 0 Å². The van der Waals surface area contributed by atoms with Crippen LogP contribution in [-0.2, 0) is 9.84 Å². The predicted molar refractivity (Wildman–Crippen MR) is 33.4 cm³/mol. The Morgan fingerprint density at radius 1 is 1.71 bits per heavy atom. The molecule has 0 rings (SSSR count). The van der Waals surface area contributed by atoms with Crippen LogP contribution in [0.1, 0.15) is 0 Å². The van der Waals surface area contributed by atoms with Gasteiger partial charge in [-0.15, -0.1) is 0 Å². The summed E-state index contributed by atoms with van der Waals surface area (Å²) in [7, 11) is -3.06. The van der Waals surface area contributed by atoms with Crippen molar-refractivity contribution in [2.24, 2.45) is 0 Å². The molecular formula is C2H4BrClO2S. The molecule has 0 aliphatic rings. The average Bonchev–Trinajstić information content (AvgIpc) is 1.31. The van der Waals surface area contributed by atoms with Gasteiger partial charge in [0.15, 0.2) is 13.5 Å². The van der Waals surface area contributed by atoms with Crippen molar-refractivity contribution in [1.82, 2.24) is 0 Å². The van der Waals surface area contributed by atoms with E-state index in [0.717, 1.165) is 6.26 Å². The summed E-state index contributed by atoms with van der Waals surface area (Å²) in [6, 6.07) is 0. The van der Waals surface area contributed by atoms with Crippen LogP contribution >= 0.6 is 27.5 Å². The van der Waals surface area contributed by atoms with Crippen LogP contribution in [0.2, 0.25) is 0 Å². The normalized spacial score (nSPS) is 16.4. The Bertz CT molecular complexity index is 138. The third-order valence-electron chi connectivity index (χ3n) is 0.324. The molecule has 2 nitrogen and oxygen atoms in total. The van der Waals surface area contributed by atoms with Gasteiger partial charge in [-0.25, -0.2) is 8.42 Å². The SMILES string of the molecule is CS(=O)(=O)[C@H](Cl)Br. The highest BCUT2D eigenvalue weighted by atomic mass is 79.9. The van der Waals surface area contributed by atoms with Gasteiger partial charge >= 0.3 is 0 Å². The molecule has 0 spiro atoms. The Kier molecular flexibility index (Phi) is 2.57. The van der Waals surface area contributed by atoms with E-state index in [1.54, 1.807) is 0 Å². The number of hydrogen-bond acceptors (Lipinski definition) is 2. The molecule has 0 aliphatic heterocycles. The maximum atomic E-state index is 10.2. The zero-order valence-electron chi connectivity index (χ0n) is 3.56. The molecule has 0 unspecified atom stereocenters. The molecule has 0 aromatic heterocycles. The summed E-state index contributed by atoms with van der Waals surface area (Å²) >= 11 is 7.75. The van der Waals surface area contributed by atoms with Gasteiger partial charge < -0.3 is 0 Å². The first-order valence-corrected chi connectivity index (χ1v) is 4.72. The molecule has 0 aromatic rings. The lowest BCUT2D eigenvalue weighted by atomic mass is 11.9. The van der Waals surface area contributed by atoms with Crippen LogP contribution in [0.4, 0.5) is 0 Å². The molecule has 0 radical (unpaired) electrons. The van der Waals surface area contributed by atoms with Crippen molar-refractivity contribution in [3.8, 4) is 0 Å². The molecule has 0 heterocycles. The fraction of sp³-hybridized carbons (Fsp3) is 1.00. The number of halogens is 2. The van der Waals surface area contributed by atoms with Crippen molar-refractivity contribution in [2.75, 3.05) is 6.26 Å². The van der Waals surface area contributed by atoms with Crippen molar-refractivity contribution in [3.05, 3.63) is 0 Å². The molecule has 1 atom stereocenters. The van der Waals surface area contributed by atoms with E-state index >= 15 is 0 Å². The Labute approximate surface area is 55.9 Å². The molecule has 44 valence electrons. The fourth-order valence-electron chi connectivity index (χ4n) is 0. The molecule has 5 heteroatoms. The molecule has 7 heavy (non-hydrogen) atoms. The molecule has 0 aromatic carbocycles. The maximum Gasteiger partial charge on any atom is 0.189 e. The van der Waals surface area contributed by atoms with E-state index in [1.807, 2.05) is 0 Å². The third kappa shape index (κ3) is 3.32. The van der Waals surface area contributed by atoms with Crippen molar-refractivity contribution in [3.63, 3.8) is 0 Å². The Morgan fingerprint density at radius 3 is 1.86 bits per heavy atom. The largest absolute Gasteiger partial charge is 0.227 e. The zero-order chi connectivity index (χ0) is 6.08. The standard InChI is InChI=1S/C2H4BrClO2S/c1-7(5,6)2(3)4/h2H,1H3/t2-/m0/s1. The zero-order valence-corrected chi connectivity index (χ0v) is 6.72. The number of alkyl halides is 2. The highest BCUT2D eigenvalue weighted by Gasteiger charge is 2.10. The monoisotopic (exact) mass is 206 g/mol. The van der Waals surface area contributed by atoms with Gasteiger partial charge in [-0.3, -0.25) is 0 Å². The Balaban J connectivity index is 4.10. The van der Waals surface area contributed by atoms with Gasteiger partial charge in [0.25, 0.3) is 0 Å². The molecule has 0 aliphatic carbocycles. The van der Waals surface area contributed by atoms with E-state index in [2.05, 4.69) is 15.9 Å². The summed E-state index contributed by atoms with van der Waals surface area (Å²) in [5.74, 6) is 0. The van der Waals surface area contributed by atoms with Crippen molar-refractivity contribution >= 4 is 37.4 Å². The Hall–Kier alpha value is 0.720. The lowest BCUT2D eigenvalue weighted by molar-refractivity contribution is 0.605. The van der Waals surface area contributed by atoms with E-state index in [9.17, 15) is 8.42 Å². The quantitative estimate of drug-likeness (QED) is 0.600. The number of rotatable bonds is 1. The summed E-state index contributed by atoms with van der Waals surface area (Å²) in [4.78, 5) is 0. The summed E-state index contributed by atoms with van der Waals surface area (Å²) in [6.45, 7) is 0. The first-order chi connectivity index (χ1) is 2.94. The van der Waals surface area contributed by atoms with E-state index in [4.69, 9.17) is 11.6 Å². The second kappa shape index (κ2) is 2.33. The minimum Gasteiger partial charge on any atom is -0.227 e. The van der Waals surface area contributed by atoms with Gasteiger partial charge in [0.1, 0.15) is 0 Å². The number of sulfone groups is 1. The molecule has 0 saturated carbocycles. The van der Waals surface area contributed by atoms with Gasteiger partial charge in [0.2, 0.25) is 0 Å². The number of hydrogen-bond donors (Lipinski definition) is 0. The van der Waals surface area contributed by atoms with E-state index < -0.39 is 13.5 Å². The summed E-state index contributed by atoms with van der Waals surface area (Å²) < 4.78 is 19.4. The lowest BCUT2D eigenvalue weighted by Crippen LogP contribution is -2.03. The first-order valence-electron chi connectivity index (χ1n) is 1.41. The molecule has 0 N–H and O–H groups in total. The fourth-order valence-corrected chi connectivity index (χ4v) is 0. The molecule has 0 amide bonds. The van der Waals surface area contributed by atoms with Gasteiger partial charge in [-0.2, -0.15) is 0 Å². The Morgan fingerprint density at radius 2 is 1.86 bits per heavy atom. The molecule has 0 bridgehead atoms. The maximum absolute atomic E-state index is 10.2. The van der Waals surface area contributed by atoms with Crippen molar-refractivity contribution < 1.29 is 8.42 Å². The minimum absolute atomic E-state index is 0.944. The predicted octanol–water partition coefficient (Wildman–Crippen LogP) is 0.948. The molecule has 0 fully saturated rings.